The van der Waals surface area contributed by atoms with E-state index in [4.69, 9.17) is 0 Å². The number of anilines is 1. The van der Waals surface area contributed by atoms with E-state index in [0.717, 1.165) is 38.7 Å². The van der Waals surface area contributed by atoms with Crippen molar-refractivity contribution >= 4 is 28.4 Å². The van der Waals surface area contributed by atoms with Gasteiger partial charge in [-0.1, -0.05) is 60.2 Å². The van der Waals surface area contributed by atoms with E-state index in [1.165, 1.54) is 0 Å². The lowest BCUT2D eigenvalue weighted by Crippen LogP contribution is -2.41. The second-order valence-corrected chi connectivity index (χ2v) is 7.44. The van der Waals surface area contributed by atoms with Crippen LogP contribution in [0.15, 0.2) is 54.6 Å². The molecule has 1 atom stereocenters. The molecule has 0 saturated carbocycles. The first kappa shape index (κ1) is 20.4. The number of nitrogens with one attached hydrogen (secondary N) is 3. The highest BCUT2D eigenvalue weighted by molar-refractivity contribution is 5.95. The highest BCUT2D eigenvalue weighted by atomic mass is 16.2. The molecule has 1 unspecified atom stereocenters. The van der Waals surface area contributed by atoms with Crippen LogP contribution in [0.3, 0.4) is 0 Å². The van der Waals surface area contributed by atoms with Gasteiger partial charge < -0.3 is 16.0 Å². The van der Waals surface area contributed by atoms with Crippen LogP contribution >= 0.6 is 0 Å². The minimum atomic E-state index is -0.377. The summed E-state index contributed by atoms with van der Waals surface area (Å²) in [4.78, 5) is 24.6. The van der Waals surface area contributed by atoms with Crippen LogP contribution in [0.1, 0.15) is 35.2 Å². The maximum atomic E-state index is 12.3. The molecular formula is C24H27N3O2. The van der Waals surface area contributed by atoms with Gasteiger partial charge in [-0.05, 0) is 55.2 Å². The molecule has 5 heteroatoms. The number of benzene rings is 3. The molecule has 0 fully saturated rings. The third-order valence-electron chi connectivity index (χ3n) is 4.99. The second kappa shape index (κ2) is 8.78. The molecule has 0 bridgehead atoms. The van der Waals surface area contributed by atoms with Crippen LogP contribution in [0.25, 0.3) is 10.8 Å². The molecule has 29 heavy (non-hydrogen) atoms. The quantitative estimate of drug-likeness (QED) is 0.589. The molecule has 3 rings (SSSR count). The Balaban J connectivity index is 1.58. The number of aryl methyl sites for hydroxylation is 3. The summed E-state index contributed by atoms with van der Waals surface area (Å²) in [6.07, 6.45) is 0. The number of urea groups is 1. The highest BCUT2D eigenvalue weighted by Gasteiger charge is 2.14. The first-order valence-corrected chi connectivity index (χ1v) is 9.75. The third kappa shape index (κ3) is 4.93. The summed E-state index contributed by atoms with van der Waals surface area (Å²) in [7, 11) is 0. The summed E-state index contributed by atoms with van der Waals surface area (Å²) in [6, 6.07) is 17.6. The topological polar surface area (TPSA) is 70.2 Å². The molecule has 0 spiro atoms. The maximum absolute atomic E-state index is 12.3. The fourth-order valence-electron chi connectivity index (χ4n) is 3.67. The van der Waals surface area contributed by atoms with Crippen LogP contribution in [0.4, 0.5) is 10.5 Å². The smallest absolute Gasteiger partial charge is 0.315 e. The number of hydrogen-bond donors (Lipinski definition) is 3. The van der Waals surface area contributed by atoms with Gasteiger partial charge in [-0.3, -0.25) is 4.79 Å². The molecule has 0 aliphatic carbocycles. The van der Waals surface area contributed by atoms with Gasteiger partial charge in [-0.25, -0.2) is 4.79 Å². The minimum Gasteiger partial charge on any atom is -0.332 e. The average molecular weight is 389 g/mol. The van der Waals surface area contributed by atoms with Crippen molar-refractivity contribution in [2.45, 2.75) is 33.7 Å². The van der Waals surface area contributed by atoms with Gasteiger partial charge in [-0.2, -0.15) is 0 Å². The number of amides is 3. The van der Waals surface area contributed by atoms with Gasteiger partial charge >= 0.3 is 6.03 Å². The van der Waals surface area contributed by atoms with Crippen molar-refractivity contribution in [1.82, 2.24) is 10.6 Å². The van der Waals surface area contributed by atoms with Crippen molar-refractivity contribution in [2.75, 3.05) is 11.9 Å². The average Bonchev–Trinajstić information content (AvgIpc) is 2.68. The summed E-state index contributed by atoms with van der Waals surface area (Å²) in [5.41, 5.74) is 4.99. The molecule has 3 N–H and O–H groups in total. The lowest BCUT2D eigenvalue weighted by atomic mass is 10.00. The fourth-order valence-corrected chi connectivity index (χ4v) is 3.67. The van der Waals surface area contributed by atoms with E-state index in [-0.39, 0.29) is 24.5 Å². The van der Waals surface area contributed by atoms with Crippen molar-refractivity contribution in [2.24, 2.45) is 0 Å². The van der Waals surface area contributed by atoms with Crippen molar-refractivity contribution in [3.05, 3.63) is 76.9 Å². The van der Waals surface area contributed by atoms with E-state index in [1.807, 2.05) is 82.3 Å². The maximum Gasteiger partial charge on any atom is 0.315 e. The van der Waals surface area contributed by atoms with Crippen LogP contribution in [0, 0.1) is 20.8 Å². The van der Waals surface area contributed by atoms with Crippen molar-refractivity contribution in [1.29, 1.82) is 0 Å². The van der Waals surface area contributed by atoms with Gasteiger partial charge in [0.1, 0.15) is 0 Å². The lowest BCUT2D eigenvalue weighted by molar-refractivity contribution is -0.115. The zero-order valence-corrected chi connectivity index (χ0v) is 17.3. The first-order valence-electron chi connectivity index (χ1n) is 9.75. The first-order chi connectivity index (χ1) is 13.8. The minimum absolute atomic E-state index is 0.0964. The van der Waals surface area contributed by atoms with E-state index >= 15 is 0 Å². The van der Waals surface area contributed by atoms with Crippen molar-refractivity contribution < 1.29 is 9.59 Å². The van der Waals surface area contributed by atoms with E-state index in [0.29, 0.717) is 0 Å². The molecule has 0 aromatic heterocycles. The summed E-state index contributed by atoms with van der Waals surface area (Å²) in [5.74, 6) is -0.256. The normalized spacial score (nSPS) is 11.7. The largest absolute Gasteiger partial charge is 0.332 e. The molecule has 0 heterocycles. The zero-order valence-electron chi connectivity index (χ0n) is 17.3. The Morgan fingerprint density at radius 3 is 2.31 bits per heavy atom. The van der Waals surface area contributed by atoms with Gasteiger partial charge in [0.25, 0.3) is 0 Å². The van der Waals surface area contributed by atoms with Gasteiger partial charge in [0.2, 0.25) is 5.91 Å². The number of fused-ring (bicyclic) bond motifs is 1. The third-order valence-corrected chi connectivity index (χ3v) is 4.99. The molecule has 5 nitrogen and oxygen atoms in total. The monoisotopic (exact) mass is 389 g/mol. The molecule has 0 saturated heterocycles. The summed E-state index contributed by atoms with van der Waals surface area (Å²) in [6.45, 7) is 7.78. The van der Waals surface area contributed by atoms with E-state index in [1.54, 1.807) is 0 Å². The predicted octanol–water partition coefficient (Wildman–Crippen LogP) is 4.76. The SMILES string of the molecule is Cc1cc(C)c(NC(=O)CNC(=O)NC(C)c2cccc3ccccc23)c(C)c1. The van der Waals surface area contributed by atoms with Crippen LogP contribution < -0.4 is 16.0 Å². The van der Waals surface area contributed by atoms with Crippen LogP contribution in [0.2, 0.25) is 0 Å². The molecule has 3 amide bonds. The molecule has 150 valence electrons. The zero-order chi connectivity index (χ0) is 21.0. The molecule has 0 aliphatic rings. The Kier molecular flexibility index (Phi) is 6.17. The molecule has 0 radical (unpaired) electrons. The summed E-state index contributed by atoms with van der Waals surface area (Å²) >= 11 is 0. The number of carbonyl (C=O) groups is 2. The van der Waals surface area contributed by atoms with Crippen molar-refractivity contribution in [3.8, 4) is 0 Å². The second-order valence-electron chi connectivity index (χ2n) is 7.44. The molecule has 0 aliphatic heterocycles. The Labute approximate surface area is 171 Å². The number of rotatable bonds is 5. The van der Waals surface area contributed by atoms with E-state index in [9.17, 15) is 9.59 Å². The standard InChI is InChI=1S/C24H27N3O2/c1-15-12-16(2)23(17(3)13-15)27-22(28)14-25-24(29)26-18(4)20-11-7-9-19-8-5-6-10-21(19)20/h5-13,18H,14H2,1-4H3,(H,27,28)(H2,25,26,29). The Bertz CT molecular complexity index is 1030. The number of hydrogen-bond acceptors (Lipinski definition) is 2. The molecular weight excluding hydrogens is 362 g/mol. The van der Waals surface area contributed by atoms with Crippen LogP contribution in [-0.4, -0.2) is 18.5 Å². The van der Waals surface area contributed by atoms with Gasteiger partial charge in [-0.15, -0.1) is 0 Å². The van der Waals surface area contributed by atoms with Gasteiger partial charge in [0.15, 0.2) is 0 Å². The van der Waals surface area contributed by atoms with Crippen LogP contribution in [-0.2, 0) is 4.79 Å². The number of carbonyl (C=O) groups excluding carboxylic acids is 2. The fraction of sp³-hybridized carbons (Fsp3) is 0.250. The van der Waals surface area contributed by atoms with E-state index in [2.05, 4.69) is 16.0 Å². The van der Waals surface area contributed by atoms with Gasteiger partial charge in [0, 0.05) is 5.69 Å². The Morgan fingerprint density at radius 2 is 1.59 bits per heavy atom. The Hall–Kier alpha value is -3.34. The van der Waals surface area contributed by atoms with E-state index < -0.39 is 0 Å². The van der Waals surface area contributed by atoms with Crippen LogP contribution in [0.5, 0.6) is 0 Å². The molecule has 3 aromatic carbocycles. The van der Waals surface area contributed by atoms with Crippen molar-refractivity contribution in [3.63, 3.8) is 0 Å². The summed E-state index contributed by atoms with van der Waals surface area (Å²) < 4.78 is 0. The predicted molar refractivity (Wildman–Crippen MR) is 118 cm³/mol. The Morgan fingerprint density at radius 1 is 0.931 bits per heavy atom. The summed E-state index contributed by atoms with van der Waals surface area (Å²) in [5, 5.41) is 10.7. The molecule has 3 aromatic rings. The van der Waals surface area contributed by atoms with Gasteiger partial charge in [0.05, 0.1) is 12.6 Å². The highest BCUT2D eigenvalue weighted by Crippen LogP contribution is 2.24. The lowest BCUT2D eigenvalue weighted by Gasteiger charge is -2.17.